The Bertz CT molecular complexity index is 1870. The molecule has 1 aromatic heterocycles. The van der Waals surface area contributed by atoms with Gasteiger partial charge in [0, 0.05) is 59.5 Å². The van der Waals surface area contributed by atoms with Crippen molar-refractivity contribution in [2.75, 3.05) is 54.4 Å². The summed E-state index contributed by atoms with van der Waals surface area (Å²) in [5.74, 6) is -4.06. The zero-order valence-electron chi connectivity index (χ0n) is 29.4. The molecular formula is C38H46F3N9OS. The average Bonchev–Trinajstić information content (AvgIpc) is 3.42. The number of nitriles is 1. The number of amides is 1. The Morgan fingerprint density at radius 1 is 1.08 bits per heavy atom. The number of hydrogen-bond donors (Lipinski definition) is 4. The van der Waals surface area contributed by atoms with E-state index in [1.54, 1.807) is 31.1 Å². The van der Waals surface area contributed by atoms with E-state index in [-0.39, 0.29) is 24.3 Å². The van der Waals surface area contributed by atoms with Gasteiger partial charge in [-0.2, -0.15) is 22.1 Å². The second-order valence-electron chi connectivity index (χ2n) is 14.6. The van der Waals surface area contributed by atoms with Gasteiger partial charge in [0.2, 0.25) is 5.91 Å². The smallest absolute Gasteiger partial charge is 0.278 e. The Morgan fingerprint density at radius 3 is 2.63 bits per heavy atom. The number of aromatic nitrogens is 2. The van der Waals surface area contributed by atoms with Gasteiger partial charge in [-0.05, 0) is 87.7 Å². The van der Waals surface area contributed by atoms with E-state index in [1.807, 2.05) is 21.9 Å². The third-order valence-electron chi connectivity index (χ3n) is 11.3. The first-order valence-corrected chi connectivity index (χ1v) is 19.5. The van der Waals surface area contributed by atoms with Crippen LogP contribution in [0.15, 0.2) is 48.4 Å². The molecule has 3 aromatic rings. The summed E-state index contributed by atoms with van der Waals surface area (Å²) in [6.07, 6.45) is 7.49. The second kappa shape index (κ2) is 15.1. The summed E-state index contributed by atoms with van der Waals surface area (Å²) >= 11 is 1.80. The van der Waals surface area contributed by atoms with E-state index >= 15 is 13.2 Å². The van der Waals surface area contributed by atoms with Crippen molar-refractivity contribution in [1.82, 2.24) is 25.9 Å². The number of anilines is 2. The Labute approximate surface area is 306 Å². The summed E-state index contributed by atoms with van der Waals surface area (Å²) in [5.41, 5.74) is 13.2. The lowest BCUT2D eigenvalue weighted by Gasteiger charge is -2.36. The molecule has 0 spiro atoms. The van der Waals surface area contributed by atoms with Crippen LogP contribution in [0.2, 0.25) is 0 Å². The summed E-state index contributed by atoms with van der Waals surface area (Å²) in [4.78, 5) is 18.3. The van der Waals surface area contributed by atoms with Gasteiger partial charge in [0.05, 0.1) is 35.2 Å². The van der Waals surface area contributed by atoms with Gasteiger partial charge in [-0.15, -0.1) is 5.10 Å². The van der Waals surface area contributed by atoms with Crippen molar-refractivity contribution in [3.63, 3.8) is 0 Å². The van der Waals surface area contributed by atoms with Crippen molar-refractivity contribution >= 4 is 39.9 Å². The maximum absolute atomic E-state index is 16.2. The number of nitrogens with one attached hydrogen (secondary N) is 3. The number of hydrazine groups is 1. The van der Waals surface area contributed by atoms with Gasteiger partial charge in [0.15, 0.2) is 5.82 Å². The number of carbonyl (C=O) groups excluding carboxylic acids is 1. The Kier molecular flexibility index (Phi) is 10.6. The van der Waals surface area contributed by atoms with Crippen molar-refractivity contribution in [2.24, 2.45) is 17.1 Å². The van der Waals surface area contributed by atoms with E-state index in [2.05, 4.69) is 32.4 Å². The molecule has 7 aliphatic heterocycles. The molecule has 8 heterocycles. The molecule has 10 rings (SSSR count). The van der Waals surface area contributed by atoms with Crippen molar-refractivity contribution in [2.45, 2.75) is 69.8 Å². The lowest BCUT2D eigenvalue weighted by atomic mass is 9.69. The Morgan fingerprint density at radius 2 is 1.87 bits per heavy atom. The van der Waals surface area contributed by atoms with E-state index in [0.29, 0.717) is 62.5 Å². The summed E-state index contributed by atoms with van der Waals surface area (Å²) in [6.45, 7) is 4.21. The van der Waals surface area contributed by atoms with E-state index in [0.717, 1.165) is 47.4 Å². The number of nitrogens with zero attached hydrogens (tertiary/aromatic N) is 5. The molecule has 10 nitrogen and oxygen atoms in total. The van der Waals surface area contributed by atoms with Crippen molar-refractivity contribution < 1.29 is 18.0 Å². The summed E-state index contributed by atoms with van der Waals surface area (Å²) in [5, 5.41) is 23.8. The number of carbonyl (C=O) groups is 1. The average molecular weight is 734 g/mol. The van der Waals surface area contributed by atoms with Crippen LogP contribution in [-0.4, -0.2) is 65.2 Å². The van der Waals surface area contributed by atoms with Crippen LogP contribution < -0.4 is 26.8 Å². The van der Waals surface area contributed by atoms with Crippen molar-refractivity contribution in [3.8, 4) is 6.07 Å². The van der Waals surface area contributed by atoms with Crippen LogP contribution in [0.5, 0.6) is 0 Å². The number of nitrogens with two attached hydrogens (primary N) is 1. The predicted molar refractivity (Wildman–Crippen MR) is 198 cm³/mol. The molecule has 276 valence electrons. The molecule has 2 saturated heterocycles. The maximum Gasteiger partial charge on any atom is 0.278 e. The molecule has 2 aromatic carbocycles. The van der Waals surface area contributed by atoms with Gasteiger partial charge in [-0.3, -0.25) is 9.69 Å². The topological polar surface area (TPSA) is 135 Å². The highest BCUT2D eigenvalue weighted by atomic mass is 32.2. The summed E-state index contributed by atoms with van der Waals surface area (Å²) in [7, 11) is 0. The minimum atomic E-state index is -3.37. The van der Waals surface area contributed by atoms with E-state index in [4.69, 9.17) is 5.73 Å². The molecule has 5 N–H and O–H groups in total. The Hall–Kier alpha value is -4.06. The first-order valence-electron chi connectivity index (χ1n) is 18.3. The van der Waals surface area contributed by atoms with Gasteiger partial charge in [-0.1, -0.05) is 24.6 Å². The number of piperidine rings is 1. The van der Waals surface area contributed by atoms with E-state index < -0.39 is 40.6 Å². The molecule has 7 aliphatic rings. The highest BCUT2D eigenvalue weighted by Gasteiger charge is 2.52. The fourth-order valence-electron chi connectivity index (χ4n) is 8.36. The number of hydrogen-bond acceptors (Lipinski definition) is 10. The normalized spacial score (nSPS) is 27.8. The van der Waals surface area contributed by atoms with Gasteiger partial charge >= 0.3 is 0 Å². The first kappa shape index (κ1) is 36.3. The third-order valence-corrected chi connectivity index (χ3v) is 12.3. The number of alkyl halides is 2. The van der Waals surface area contributed by atoms with Crippen molar-refractivity contribution in [1.29, 1.82) is 5.26 Å². The molecule has 14 heteroatoms. The standard InChI is InChI=1S/C38H46F3N9OS/c1-24-28-6-5-7-31(34(28)39)38(40,41)26-8-14-49(15-9-26)22-27(43)21-45-44-12-3-2-4-13-50-32-18-25-20-46-48-35(47-24)29(25)19-30(32)33(36(50)51)37(23-42)10-16-52-17-11-37/h5-7,18-21,24,26,33,44-45H,2-4,8-17,22,43H2,1H3,(H,47,48)/b27-21-/t24-,33?/m1/s1. The molecule has 0 saturated carbocycles. The third kappa shape index (κ3) is 6.90. The second-order valence-corrected chi connectivity index (χ2v) is 15.8. The SMILES string of the molecule is C[C@H]1Nc2nncc3cc4c(cc23)C(C2(C#N)CCSCC2)C(=O)N4CCCCCNN/C=C(\N)CN2CCC(CC2)C(F)(F)c2cccc1c2F. The van der Waals surface area contributed by atoms with Crippen LogP contribution in [0.25, 0.3) is 10.8 Å². The lowest BCUT2D eigenvalue weighted by molar-refractivity contribution is -0.121. The van der Waals surface area contributed by atoms with E-state index in [9.17, 15) is 10.1 Å². The van der Waals surface area contributed by atoms with Gasteiger partial charge in [-0.25, -0.2) is 18.6 Å². The molecule has 2 fully saturated rings. The zero-order chi connectivity index (χ0) is 36.5. The minimum Gasteiger partial charge on any atom is -0.400 e. The maximum atomic E-state index is 16.2. The van der Waals surface area contributed by atoms with Crippen LogP contribution in [-0.2, 0) is 10.7 Å². The largest absolute Gasteiger partial charge is 0.400 e. The van der Waals surface area contributed by atoms with Crippen LogP contribution in [0, 0.1) is 28.5 Å². The predicted octanol–water partition coefficient (Wildman–Crippen LogP) is 6.29. The van der Waals surface area contributed by atoms with Crippen LogP contribution in [0.4, 0.5) is 24.7 Å². The number of benzene rings is 2. The molecular weight excluding hydrogens is 688 g/mol. The molecule has 52 heavy (non-hydrogen) atoms. The monoisotopic (exact) mass is 733 g/mol. The lowest BCUT2D eigenvalue weighted by Crippen LogP contribution is -2.41. The molecule has 1 unspecified atom stereocenters. The van der Waals surface area contributed by atoms with Crippen LogP contribution in [0.1, 0.15) is 80.5 Å². The minimum absolute atomic E-state index is 0.0650. The highest BCUT2D eigenvalue weighted by Crippen LogP contribution is 2.54. The van der Waals surface area contributed by atoms with Crippen LogP contribution in [0.3, 0.4) is 0 Å². The summed E-state index contributed by atoms with van der Waals surface area (Å²) in [6, 6.07) is 9.90. The van der Waals surface area contributed by atoms with Gasteiger partial charge in [0.25, 0.3) is 5.92 Å². The van der Waals surface area contributed by atoms with Gasteiger partial charge in [0.1, 0.15) is 5.82 Å². The molecule has 2 atom stereocenters. The Balaban J connectivity index is 1.26. The fraction of sp³-hybridized carbons (Fsp3) is 0.526. The molecule has 0 radical (unpaired) electrons. The molecule has 0 aliphatic carbocycles. The first-order chi connectivity index (χ1) is 25.1. The molecule has 1 amide bonds. The number of rotatable bonds is 1. The van der Waals surface area contributed by atoms with Gasteiger partial charge < -0.3 is 21.4 Å². The van der Waals surface area contributed by atoms with Crippen LogP contribution >= 0.6 is 11.8 Å². The highest BCUT2D eigenvalue weighted by molar-refractivity contribution is 7.99. The number of thioether (sulfide) groups is 1. The zero-order valence-corrected chi connectivity index (χ0v) is 30.3. The van der Waals surface area contributed by atoms with Crippen molar-refractivity contribution in [3.05, 3.63) is 70.9 Å². The quantitative estimate of drug-likeness (QED) is 0.226. The van der Waals surface area contributed by atoms with E-state index in [1.165, 1.54) is 18.2 Å². The summed E-state index contributed by atoms with van der Waals surface area (Å²) < 4.78 is 48.3. The fourth-order valence-corrected chi connectivity index (χ4v) is 9.58. The molecule has 10 bridgehead atoms. The number of halogens is 3.